The van der Waals surface area contributed by atoms with Gasteiger partial charge in [0.2, 0.25) is 5.76 Å². The molecule has 3 aromatic carbocycles. The van der Waals surface area contributed by atoms with Gasteiger partial charge in [0.05, 0.1) is 0 Å². The summed E-state index contributed by atoms with van der Waals surface area (Å²) >= 11 is 0. The summed E-state index contributed by atoms with van der Waals surface area (Å²) in [4.78, 5) is 37.3. The minimum Gasteiger partial charge on any atom is -0.449 e. The topological polar surface area (TPSA) is 98.8 Å². The average molecular weight is 439 g/mol. The first-order chi connectivity index (χ1) is 16.1. The van der Waals surface area contributed by atoms with Gasteiger partial charge in [-0.3, -0.25) is 4.79 Å². The Balaban J connectivity index is 1.34. The average Bonchev–Trinajstić information content (AvgIpc) is 3.27. The molecule has 1 N–H and O–H groups in total. The van der Waals surface area contributed by atoms with Gasteiger partial charge in [0.15, 0.2) is 0 Å². The molecular formula is C26H17NO6. The second-order valence-corrected chi connectivity index (χ2v) is 7.35. The molecule has 33 heavy (non-hydrogen) atoms. The Morgan fingerprint density at radius 1 is 0.788 bits per heavy atom. The number of hydrogen-bond donors (Lipinski definition) is 1. The molecule has 0 aliphatic carbocycles. The zero-order valence-electron chi connectivity index (χ0n) is 17.2. The van der Waals surface area contributed by atoms with Crippen LogP contribution in [0.1, 0.15) is 26.5 Å². The lowest BCUT2D eigenvalue weighted by atomic mass is 10.1. The minimum absolute atomic E-state index is 0.0585. The van der Waals surface area contributed by atoms with Crippen LogP contribution in [0.5, 0.6) is 5.75 Å². The summed E-state index contributed by atoms with van der Waals surface area (Å²) in [6.45, 7) is 0.286. The highest BCUT2D eigenvalue weighted by Gasteiger charge is 2.17. The molecule has 7 nitrogen and oxygen atoms in total. The summed E-state index contributed by atoms with van der Waals surface area (Å²) in [5, 5.41) is 4.01. The second kappa shape index (κ2) is 8.47. The molecule has 0 saturated carbocycles. The Hall–Kier alpha value is -4.65. The predicted octanol–water partition coefficient (Wildman–Crippen LogP) is 4.69. The van der Waals surface area contributed by atoms with Crippen LogP contribution in [0.3, 0.4) is 0 Å². The molecule has 0 fully saturated rings. The fourth-order valence-electron chi connectivity index (χ4n) is 3.43. The molecule has 5 aromatic rings. The van der Waals surface area contributed by atoms with Gasteiger partial charge >= 0.3 is 11.6 Å². The van der Waals surface area contributed by atoms with Crippen molar-refractivity contribution in [3.8, 4) is 5.75 Å². The number of hydrogen-bond acceptors (Lipinski definition) is 6. The number of para-hydroxylation sites is 1. The van der Waals surface area contributed by atoms with Crippen molar-refractivity contribution in [1.82, 2.24) is 5.32 Å². The van der Waals surface area contributed by atoms with Crippen LogP contribution < -0.4 is 15.7 Å². The smallest absolute Gasteiger partial charge is 0.379 e. The van der Waals surface area contributed by atoms with Crippen LogP contribution >= 0.6 is 0 Å². The van der Waals surface area contributed by atoms with Gasteiger partial charge in [0.1, 0.15) is 22.5 Å². The molecule has 5 rings (SSSR count). The van der Waals surface area contributed by atoms with E-state index in [1.54, 1.807) is 24.3 Å². The van der Waals surface area contributed by atoms with Crippen molar-refractivity contribution in [3.63, 3.8) is 0 Å². The van der Waals surface area contributed by atoms with Crippen LogP contribution in [0, 0.1) is 0 Å². The number of benzene rings is 3. The largest absolute Gasteiger partial charge is 0.449 e. The van der Waals surface area contributed by atoms with Crippen LogP contribution in [0.4, 0.5) is 0 Å². The highest BCUT2D eigenvalue weighted by atomic mass is 16.5. The van der Waals surface area contributed by atoms with Gasteiger partial charge in [-0.25, -0.2) is 9.59 Å². The summed E-state index contributed by atoms with van der Waals surface area (Å²) in [5.41, 5.74) is 0.785. The lowest BCUT2D eigenvalue weighted by molar-refractivity contribution is 0.0704. The van der Waals surface area contributed by atoms with E-state index in [9.17, 15) is 14.4 Å². The molecule has 1 amide bonds. The molecule has 0 bridgehead atoms. The molecule has 2 heterocycles. The van der Waals surface area contributed by atoms with E-state index in [2.05, 4.69) is 5.32 Å². The molecule has 0 aliphatic heterocycles. The monoisotopic (exact) mass is 439 g/mol. The number of carbonyl (C=O) groups is 2. The summed E-state index contributed by atoms with van der Waals surface area (Å²) in [5.74, 6) is -0.972. The molecule has 0 saturated heterocycles. The zero-order chi connectivity index (χ0) is 22.8. The fraction of sp³-hybridized carbons (Fsp3) is 0.0385. The summed E-state index contributed by atoms with van der Waals surface area (Å²) in [7, 11) is 0. The summed E-state index contributed by atoms with van der Waals surface area (Å²) < 4.78 is 16.2. The third-order valence-electron chi connectivity index (χ3n) is 5.09. The quantitative estimate of drug-likeness (QED) is 0.242. The van der Waals surface area contributed by atoms with Crippen molar-refractivity contribution in [1.29, 1.82) is 0 Å². The van der Waals surface area contributed by atoms with E-state index in [0.717, 1.165) is 10.9 Å². The van der Waals surface area contributed by atoms with E-state index in [-0.39, 0.29) is 29.2 Å². The summed E-state index contributed by atoms with van der Waals surface area (Å²) in [6, 6.07) is 24.2. The number of carbonyl (C=O) groups excluding carboxylic acids is 2. The van der Waals surface area contributed by atoms with Gasteiger partial charge in [-0.15, -0.1) is 0 Å². The second-order valence-electron chi connectivity index (χ2n) is 7.35. The van der Waals surface area contributed by atoms with E-state index in [0.29, 0.717) is 11.0 Å². The maximum atomic E-state index is 12.5. The van der Waals surface area contributed by atoms with E-state index >= 15 is 0 Å². The highest BCUT2D eigenvalue weighted by molar-refractivity contribution is 5.97. The fourth-order valence-corrected chi connectivity index (χ4v) is 3.43. The highest BCUT2D eigenvalue weighted by Crippen LogP contribution is 2.24. The van der Waals surface area contributed by atoms with Crippen molar-refractivity contribution >= 4 is 33.8 Å². The number of amides is 1. The van der Waals surface area contributed by atoms with E-state index in [1.807, 2.05) is 48.5 Å². The Kier molecular flexibility index (Phi) is 5.20. The molecule has 0 aliphatic rings. The first-order valence-electron chi connectivity index (χ1n) is 10.2. The number of fused-ring (bicyclic) bond motifs is 2. The first-order valence-corrected chi connectivity index (χ1v) is 10.2. The number of esters is 1. The lowest BCUT2D eigenvalue weighted by Crippen LogP contribution is -2.27. The molecule has 0 atom stereocenters. The maximum absolute atomic E-state index is 12.5. The molecule has 0 spiro atoms. The number of ether oxygens (including phenoxy) is 1. The van der Waals surface area contributed by atoms with Gasteiger partial charge < -0.3 is 18.9 Å². The normalized spacial score (nSPS) is 10.9. The van der Waals surface area contributed by atoms with Crippen molar-refractivity contribution in [2.45, 2.75) is 6.54 Å². The minimum atomic E-state index is -0.783. The van der Waals surface area contributed by atoms with E-state index in [1.165, 1.54) is 12.1 Å². The van der Waals surface area contributed by atoms with Crippen LogP contribution in [0.25, 0.3) is 21.9 Å². The third-order valence-corrected chi connectivity index (χ3v) is 5.09. The Morgan fingerprint density at radius 3 is 2.36 bits per heavy atom. The van der Waals surface area contributed by atoms with Crippen LogP contribution in [0.15, 0.2) is 98.6 Å². The molecule has 162 valence electrons. The van der Waals surface area contributed by atoms with Gasteiger partial charge in [0.25, 0.3) is 5.91 Å². The van der Waals surface area contributed by atoms with Gasteiger partial charge in [-0.2, -0.15) is 0 Å². The SMILES string of the molecule is O=C(Oc1ccc2cc(C(=O)NCc3ccccc3)c(=O)oc2c1)c1cc2ccccc2o1. The van der Waals surface area contributed by atoms with Crippen molar-refractivity contribution in [2.75, 3.05) is 0 Å². The first kappa shape index (κ1) is 20.3. The standard InChI is InChI=1S/C26H17NO6/c28-24(27-15-16-6-2-1-3-7-16)20-12-18-10-11-19(14-22(18)33-25(20)29)31-26(30)23-13-17-8-4-5-9-21(17)32-23/h1-14H,15H2,(H,27,28). The molecule has 0 radical (unpaired) electrons. The molecule has 2 aromatic heterocycles. The van der Waals surface area contributed by atoms with Gasteiger partial charge in [0, 0.05) is 23.4 Å². The number of rotatable bonds is 5. The van der Waals surface area contributed by atoms with Crippen LogP contribution in [0.2, 0.25) is 0 Å². The van der Waals surface area contributed by atoms with Gasteiger partial charge in [-0.05, 0) is 35.9 Å². The Morgan fingerprint density at radius 2 is 1.55 bits per heavy atom. The maximum Gasteiger partial charge on any atom is 0.379 e. The van der Waals surface area contributed by atoms with E-state index < -0.39 is 17.5 Å². The predicted molar refractivity (Wildman–Crippen MR) is 121 cm³/mol. The lowest BCUT2D eigenvalue weighted by Gasteiger charge is -2.06. The van der Waals surface area contributed by atoms with Crippen molar-refractivity contribution in [3.05, 3.63) is 112 Å². The molecular weight excluding hydrogens is 422 g/mol. The molecule has 7 heteroatoms. The summed E-state index contributed by atoms with van der Waals surface area (Å²) in [6.07, 6.45) is 0. The van der Waals surface area contributed by atoms with Gasteiger partial charge in [-0.1, -0.05) is 48.5 Å². The zero-order valence-corrected chi connectivity index (χ0v) is 17.2. The van der Waals surface area contributed by atoms with Crippen LogP contribution in [-0.2, 0) is 6.54 Å². The number of furan rings is 1. The Labute approximate surface area is 187 Å². The van der Waals surface area contributed by atoms with Crippen LogP contribution in [-0.4, -0.2) is 11.9 Å². The third kappa shape index (κ3) is 4.24. The molecule has 0 unspecified atom stereocenters. The Bertz CT molecular complexity index is 1510. The van der Waals surface area contributed by atoms with E-state index in [4.69, 9.17) is 13.6 Å². The van der Waals surface area contributed by atoms with Crippen molar-refractivity contribution < 1.29 is 23.2 Å². The van der Waals surface area contributed by atoms with Crippen molar-refractivity contribution in [2.24, 2.45) is 0 Å². The number of nitrogens with one attached hydrogen (secondary N) is 1.